The third-order valence-electron chi connectivity index (χ3n) is 3.41. The second-order valence-corrected chi connectivity index (χ2v) is 6.02. The van der Waals surface area contributed by atoms with Gasteiger partial charge in [0.2, 0.25) is 0 Å². The molecule has 0 atom stereocenters. The van der Waals surface area contributed by atoms with Crippen LogP contribution >= 0.6 is 11.3 Å². The number of benzene rings is 1. The molecule has 0 radical (unpaired) electrons. The molecule has 0 amide bonds. The molecular weight excluding hydrogens is 226 g/mol. The summed E-state index contributed by atoms with van der Waals surface area (Å²) in [5, 5.41) is 5.05. The van der Waals surface area contributed by atoms with Gasteiger partial charge >= 0.3 is 0 Å². The summed E-state index contributed by atoms with van der Waals surface area (Å²) in [6, 6.07) is 8.88. The Kier molecular flexibility index (Phi) is 3.17. The van der Waals surface area contributed by atoms with Crippen molar-refractivity contribution >= 4 is 21.4 Å². The summed E-state index contributed by atoms with van der Waals surface area (Å²) in [5.74, 6) is 0.851. The number of fused-ring (bicyclic) bond motifs is 1. The molecule has 90 valence electrons. The summed E-state index contributed by atoms with van der Waals surface area (Å²) in [6.45, 7) is 4.40. The minimum atomic E-state index is 0.851. The molecule has 0 bridgehead atoms. The van der Waals surface area contributed by atoms with Gasteiger partial charge in [0.1, 0.15) is 0 Å². The number of thiophene rings is 1. The number of rotatable bonds is 5. The van der Waals surface area contributed by atoms with Gasteiger partial charge in [0, 0.05) is 16.1 Å². The maximum atomic E-state index is 3.55. The fourth-order valence-corrected chi connectivity index (χ4v) is 3.71. The maximum absolute atomic E-state index is 3.55. The standard InChI is InChI=1S/C15H19NS/c1-2-9-16-10-14-15(11-7-8-11)12-5-3-4-6-13(12)17-14/h3-6,11,16H,2,7-10H2,1H3. The molecule has 1 aromatic carbocycles. The molecular formula is C15H19NS. The van der Waals surface area contributed by atoms with Crippen molar-refractivity contribution in [2.75, 3.05) is 6.54 Å². The van der Waals surface area contributed by atoms with E-state index in [2.05, 4.69) is 36.5 Å². The summed E-state index contributed by atoms with van der Waals surface area (Å²) >= 11 is 1.98. The average Bonchev–Trinajstić information content (AvgIpc) is 3.11. The van der Waals surface area contributed by atoms with Crippen LogP contribution in [0.1, 0.15) is 42.5 Å². The fourth-order valence-electron chi connectivity index (χ4n) is 2.45. The first-order valence-electron chi connectivity index (χ1n) is 6.61. The molecule has 1 fully saturated rings. The van der Waals surface area contributed by atoms with E-state index in [0.29, 0.717) is 0 Å². The molecule has 0 saturated heterocycles. The van der Waals surface area contributed by atoms with Crippen molar-refractivity contribution in [3.63, 3.8) is 0 Å². The van der Waals surface area contributed by atoms with Crippen LogP contribution in [0.2, 0.25) is 0 Å². The fraction of sp³-hybridized carbons (Fsp3) is 0.467. The lowest BCUT2D eigenvalue weighted by Crippen LogP contribution is -2.13. The minimum Gasteiger partial charge on any atom is -0.312 e. The highest BCUT2D eigenvalue weighted by Gasteiger charge is 2.29. The van der Waals surface area contributed by atoms with Crippen LogP contribution in [0.25, 0.3) is 10.1 Å². The Morgan fingerprint density at radius 3 is 2.88 bits per heavy atom. The van der Waals surface area contributed by atoms with Crippen LogP contribution in [-0.2, 0) is 6.54 Å². The Balaban J connectivity index is 1.95. The zero-order valence-electron chi connectivity index (χ0n) is 10.3. The topological polar surface area (TPSA) is 12.0 Å². The second-order valence-electron chi connectivity index (χ2n) is 4.89. The lowest BCUT2D eigenvalue weighted by atomic mass is 10.1. The Morgan fingerprint density at radius 1 is 1.29 bits per heavy atom. The third-order valence-corrected chi connectivity index (χ3v) is 4.60. The highest BCUT2D eigenvalue weighted by molar-refractivity contribution is 7.19. The maximum Gasteiger partial charge on any atom is 0.0349 e. The molecule has 17 heavy (non-hydrogen) atoms. The molecule has 3 rings (SSSR count). The Morgan fingerprint density at radius 2 is 2.12 bits per heavy atom. The average molecular weight is 245 g/mol. The van der Waals surface area contributed by atoms with Crippen molar-refractivity contribution in [3.8, 4) is 0 Å². The molecule has 1 aliphatic carbocycles. The molecule has 1 aromatic heterocycles. The minimum absolute atomic E-state index is 0.851. The lowest BCUT2D eigenvalue weighted by molar-refractivity contribution is 0.678. The van der Waals surface area contributed by atoms with Gasteiger partial charge in [-0.25, -0.2) is 0 Å². The Labute approximate surface area is 107 Å². The van der Waals surface area contributed by atoms with Gasteiger partial charge in [-0.15, -0.1) is 11.3 Å². The Hall–Kier alpha value is -0.860. The summed E-state index contributed by atoms with van der Waals surface area (Å²) in [4.78, 5) is 1.57. The van der Waals surface area contributed by atoms with E-state index in [1.807, 2.05) is 11.3 Å². The molecule has 1 saturated carbocycles. The van der Waals surface area contributed by atoms with Gasteiger partial charge in [0.05, 0.1) is 0 Å². The van der Waals surface area contributed by atoms with E-state index in [1.54, 1.807) is 10.4 Å². The van der Waals surface area contributed by atoms with E-state index in [0.717, 1.165) is 19.0 Å². The number of hydrogen-bond donors (Lipinski definition) is 1. The van der Waals surface area contributed by atoms with Gasteiger partial charge in [-0.3, -0.25) is 0 Å². The van der Waals surface area contributed by atoms with Crippen LogP contribution in [0.4, 0.5) is 0 Å². The monoisotopic (exact) mass is 245 g/mol. The van der Waals surface area contributed by atoms with E-state index >= 15 is 0 Å². The molecule has 0 aliphatic heterocycles. The van der Waals surface area contributed by atoms with E-state index in [1.165, 1.54) is 29.3 Å². The molecule has 2 heteroatoms. The summed E-state index contributed by atoms with van der Waals surface area (Å²) in [5.41, 5.74) is 1.65. The van der Waals surface area contributed by atoms with Crippen LogP contribution in [-0.4, -0.2) is 6.54 Å². The number of hydrogen-bond acceptors (Lipinski definition) is 2. The van der Waals surface area contributed by atoms with Crippen molar-refractivity contribution in [1.82, 2.24) is 5.32 Å². The van der Waals surface area contributed by atoms with E-state index < -0.39 is 0 Å². The van der Waals surface area contributed by atoms with Gasteiger partial charge in [-0.1, -0.05) is 25.1 Å². The van der Waals surface area contributed by atoms with Crippen LogP contribution in [0.3, 0.4) is 0 Å². The van der Waals surface area contributed by atoms with Crippen molar-refractivity contribution in [1.29, 1.82) is 0 Å². The normalized spacial score (nSPS) is 15.6. The zero-order valence-corrected chi connectivity index (χ0v) is 11.1. The summed E-state index contributed by atoms with van der Waals surface area (Å²) in [7, 11) is 0. The van der Waals surface area contributed by atoms with E-state index in [-0.39, 0.29) is 0 Å². The van der Waals surface area contributed by atoms with E-state index in [9.17, 15) is 0 Å². The van der Waals surface area contributed by atoms with Gasteiger partial charge in [-0.05, 0) is 48.7 Å². The Bertz CT molecular complexity index is 511. The van der Waals surface area contributed by atoms with Crippen LogP contribution < -0.4 is 5.32 Å². The highest BCUT2D eigenvalue weighted by Crippen LogP contribution is 2.47. The molecule has 1 N–H and O–H groups in total. The largest absolute Gasteiger partial charge is 0.312 e. The van der Waals surface area contributed by atoms with Gasteiger partial charge in [0.25, 0.3) is 0 Å². The van der Waals surface area contributed by atoms with Gasteiger partial charge < -0.3 is 5.32 Å². The molecule has 0 unspecified atom stereocenters. The first-order valence-corrected chi connectivity index (χ1v) is 7.43. The molecule has 0 spiro atoms. The zero-order chi connectivity index (χ0) is 11.7. The van der Waals surface area contributed by atoms with Crippen molar-refractivity contribution in [2.45, 2.75) is 38.6 Å². The molecule has 1 nitrogen and oxygen atoms in total. The van der Waals surface area contributed by atoms with Crippen molar-refractivity contribution in [3.05, 3.63) is 34.7 Å². The predicted molar refractivity (Wildman–Crippen MR) is 75.8 cm³/mol. The smallest absolute Gasteiger partial charge is 0.0349 e. The predicted octanol–water partition coefficient (Wildman–Crippen LogP) is 4.28. The summed E-state index contributed by atoms with van der Waals surface area (Å²) < 4.78 is 1.46. The van der Waals surface area contributed by atoms with Crippen LogP contribution in [0, 0.1) is 0 Å². The number of nitrogens with one attached hydrogen (secondary N) is 1. The first kappa shape index (κ1) is 11.2. The molecule has 2 aromatic rings. The summed E-state index contributed by atoms with van der Waals surface area (Å²) in [6.07, 6.45) is 3.99. The van der Waals surface area contributed by atoms with E-state index in [4.69, 9.17) is 0 Å². The lowest BCUT2D eigenvalue weighted by Gasteiger charge is -2.04. The SMILES string of the molecule is CCCNCc1sc2ccccc2c1C1CC1. The first-order chi connectivity index (χ1) is 8.40. The highest BCUT2D eigenvalue weighted by atomic mass is 32.1. The van der Waals surface area contributed by atoms with Crippen LogP contribution in [0.15, 0.2) is 24.3 Å². The van der Waals surface area contributed by atoms with Gasteiger partial charge in [-0.2, -0.15) is 0 Å². The van der Waals surface area contributed by atoms with Crippen LogP contribution in [0.5, 0.6) is 0 Å². The van der Waals surface area contributed by atoms with Crippen molar-refractivity contribution < 1.29 is 0 Å². The third kappa shape index (κ3) is 2.24. The van der Waals surface area contributed by atoms with Gasteiger partial charge in [0.15, 0.2) is 0 Å². The second kappa shape index (κ2) is 4.79. The quantitative estimate of drug-likeness (QED) is 0.775. The van der Waals surface area contributed by atoms with Crippen molar-refractivity contribution in [2.24, 2.45) is 0 Å². The molecule has 1 aliphatic rings. The molecule has 1 heterocycles.